The fraction of sp³-hybridized carbons (Fsp3) is 0.286. The Balaban J connectivity index is 2.35. The first-order valence-corrected chi connectivity index (χ1v) is 8.75. The number of benzene rings is 1. The topological polar surface area (TPSA) is 81.1 Å². The largest absolute Gasteiger partial charge is 0.268 e. The van der Waals surface area contributed by atoms with Gasteiger partial charge in [0.25, 0.3) is 5.91 Å². The average Bonchev–Trinajstić information content (AvgIpc) is 2.65. The molecule has 0 saturated carbocycles. The molecule has 0 aliphatic heterocycles. The molecular weight excluding hydrogens is 326 g/mol. The summed E-state index contributed by atoms with van der Waals surface area (Å²) in [6.45, 7) is 3.78. The second kappa shape index (κ2) is 6.10. The summed E-state index contributed by atoms with van der Waals surface area (Å²) in [5.41, 5.74) is 2.17. The predicted molar refractivity (Wildman–Crippen MR) is 84.6 cm³/mol. The highest BCUT2D eigenvalue weighted by Gasteiger charge is 2.21. The molecule has 0 saturated heterocycles. The van der Waals surface area contributed by atoms with E-state index in [9.17, 15) is 13.2 Å². The van der Waals surface area contributed by atoms with Gasteiger partial charge in [0.05, 0.1) is 24.1 Å². The van der Waals surface area contributed by atoms with Crippen LogP contribution in [0.15, 0.2) is 24.3 Å². The highest BCUT2D eigenvalue weighted by molar-refractivity contribution is 7.89. The molecule has 2 aromatic rings. The van der Waals surface area contributed by atoms with Gasteiger partial charge in [0.2, 0.25) is 10.0 Å². The van der Waals surface area contributed by atoms with Gasteiger partial charge in [-0.3, -0.25) is 9.48 Å². The summed E-state index contributed by atoms with van der Waals surface area (Å²) in [4.78, 5) is 12.1. The van der Waals surface area contributed by atoms with E-state index in [2.05, 4.69) is 5.10 Å². The normalized spacial score (nSPS) is 11.5. The minimum Gasteiger partial charge on any atom is -0.268 e. The molecule has 0 aliphatic rings. The summed E-state index contributed by atoms with van der Waals surface area (Å²) in [6, 6.07) is 7.34. The van der Waals surface area contributed by atoms with Crippen molar-refractivity contribution in [2.45, 2.75) is 20.4 Å². The molecule has 118 valence electrons. The van der Waals surface area contributed by atoms with Crippen LogP contribution in [0.2, 0.25) is 5.02 Å². The van der Waals surface area contributed by atoms with E-state index in [1.54, 1.807) is 24.6 Å². The summed E-state index contributed by atoms with van der Waals surface area (Å²) in [6.07, 6.45) is 0.934. The molecule has 1 amide bonds. The standard InChI is InChI=1S/C14H16ClN3O3S/c1-9-13(14(19)17-22(3,20)21)10(2)18(16-9)8-11-6-4-5-7-12(11)15/h4-7H,8H2,1-3H3,(H,17,19). The lowest BCUT2D eigenvalue weighted by atomic mass is 10.2. The van der Waals surface area contributed by atoms with Gasteiger partial charge in [-0.15, -0.1) is 0 Å². The Kier molecular flexibility index (Phi) is 4.58. The number of sulfonamides is 1. The first-order chi connectivity index (χ1) is 10.2. The maximum absolute atomic E-state index is 12.1. The highest BCUT2D eigenvalue weighted by atomic mass is 35.5. The van der Waals surface area contributed by atoms with Gasteiger partial charge >= 0.3 is 0 Å². The molecule has 0 atom stereocenters. The second-order valence-corrected chi connectivity index (χ2v) is 7.15. The van der Waals surface area contributed by atoms with E-state index in [1.807, 2.05) is 22.9 Å². The van der Waals surface area contributed by atoms with Crippen LogP contribution in [-0.2, 0) is 16.6 Å². The van der Waals surface area contributed by atoms with Crippen LogP contribution in [0.3, 0.4) is 0 Å². The number of halogens is 1. The van der Waals surface area contributed by atoms with Gasteiger partial charge in [0.1, 0.15) is 0 Å². The molecule has 6 nitrogen and oxygen atoms in total. The maximum atomic E-state index is 12.1. The highest BCUT2D eigenvalue weighted by Crippen LogP contribution is 2.19. The van der Waals surface area contributed by atoms with Crippen LogP contribution < -0.4 is 4.72 Å². The van der Waals surface area contributed by atoms with Crippen molar-refractivity contribution in [1.82, 2.24) is 14.5 Å². The number of amides is 1. The number of hydrogen-bond acceptors (Lipinski definition) is 4. The van der Waals surface area contributed by atoms with Gasteiger partial charge in [0, 0.05) is 10.7 Å². The van der Waals surface area contributed by atoms with Crippen LogP contribution in [0, 0.1) is 13.8 Å². The van der Waals surface area contributed by atoms with Crippen molar-refractivity contribution in [3.05, 3.63) is 51.8 Å². The molecule has 8 heteroatoms. The second-order valence-electron chi connectivity index (χ2n) is 5.00. The van der Waals surface area contributed by atoms with Gasteiger partial charge < -0.3 is 0 Å². The molecule has 1 heterocycles. The van der Waals surface area contributed by atoms with Crippen LogP contribution in [0.5, 0.6) is 0 Å². The monoisotopic (exact) mass is 341 g/mol. The molecule has 1 N–H and O–H groups in total. The zero-order valence-corrected chi connectivity index (χ0v) is 14.0. The first kappa shape index (κ1) is 16.5. The third kappa shape index (κ3) is 3.66. The summed E-state index contributed by atoms with van der Waals surface area (Å²) in [7, 11) is -3.62. The van der Waals surface area contributed by atoms with Crippen LogP contribution in [-0.4, -0.2) is 30.4 Å². The van der Waals surface area contributed by atoms with Crippen molar-refractivity contribution < 1.29 is 13.2 Å². The third-order valence-corrected chi connectivity index (χ3v) is 4.09. The lowest BCUT2D eigenvalue weighted by Crippen LogP contribution is -2.30. The summed E-state index contributed by atoms with van der Waals surface area (Å²) in [5.74, 6) is -0.678. The van der Waals surface area contributed by atoms with Crippen molar-refractivity contribution in [2.75, 3.05) is 6.26 Å². The number of rotatable bonds is 4. The van der Waals surface area contributed by atoms with Crippen molar-refractivity contribution in [3.8, 4) is 0 Å². The Bertz CT molecular complexity index is 828. The van der Waals surface area contributed by atoms with Crippen LogP contribution in [0.25, 0.3) is 0 Å². The van der Waals surface area contributed by atoms with E-state index in [-0.39, 0.29) is 5.56 Å². The molecule has 0 unspecified atom stereocenters. The van der Waals surface area contributed by atoms with Crippen molar-refractivity contribution in [2.24, 2.45) is 0 Å². The van der Waals surface area contributed by atoms with Gasteiger partial charge in [-0.05, 0) is 25.5 Å². The van der Waals surface area contributed by atoms with E-state index in [4.69, 9.17) is 11.6 Å². The molecule has 0 bridgehead atoms. The zero-order valence-electron chi connectivity index (χ0n) is 12.4. The molecular formula is C14H16ClN3O3S. The van der Waals surface area contributed by atoms with E-state index in [0.717, 1.165) is 11.8 Å². The summed E-state index contributed by atoms with van der Waals surface area (Å²) < 4.78 is 26.0. The molecule has 0 aliphatic carbocycles. The molecule has 2 rings (SSSR count). The molecule has 1 aromatic carbocycles. The van der Waals surface area contributed by atoms with E-state index >= 15 is 0 Å². The number of nitrogens with one attached hydrogen (secondary N) is 1. The quantitative estimate of drug-likeness (QED) is 0.920. The number of nitrogens with zero attached hydrogens (tertiary/aromatic N) is 2. The van der Waals surface area contributed by atoms with E-state index in [1.165, 1.54) is 0 Å². The number of carbonyl (C=O) groups is 1. The van der Waals surface area contributed by atoms with E-state index < -0.39 is 15.9 Å². The lowest BCUT2D eigenvalue weighted by Gasteiger charge is -2.07. The fourth-order valence-corrected chi connectivity index (χ4v) is 2.82. The van der Waals surface area contributed by atoms with Crippen LogP contribution >= 0.6 is 11.6 Å². The van der Waals surface area contributed by atoms with Gasteiger partial charge in [-0.2, -0.15) is 5.10 Å². The van der Waals surface area contributed by atoms with Crippen molar-refractivity contribution >= 4 is 27.5 Å². The lowest BCUT2D eigenvalue weighted by molar-refractivity contribution is 0.0980. The minimum absolute atomic E-state index is 0.262. The minimum atomic E-state index is -3.62. The Morgan fingerprint density at radius 3 is 2.55 bits per heavy atom. The Hall–Kier alpha value is -1.86. The first-order valence-electron chi connectivity index (χ1n) is 6.48. The van der Waals surface area contributed by atoms with Gasteiger partial charge in [0.15, 0.2) is 0 Å². The molecule has 0 spiro atoms. The molecule has 1 aromatic heterocycles. The number of aromatic nitrogens is 2. The summed E-state index contributed by atoms with van der Waals surface area (Å²) >= 11 is 6.12. The number of aryl methyl sites for hydroxylation is 1. The Morgan fingerprint density at radius 2 is 1.95 bits per heavy atom. The molecule has 0 fully saturated rings. The van der Waals surface area contributed by atoms with Crippen LogP contribution in [0.1, 0.15) is 27.3 Å². The van der Waals surface area contributed by atoms with Gasteiger partial charge in [-0.25, -0.2) is 13.1 Å². The van der Waals surface area contributed by atoms with Crippen molar-refractivity contribution in [1.29, 1.82) is 0 Å². The Labute approximate surface area is 134 Å². The van der Waals surface area contributed by atoms with Crippen LogP contribution in [0.4, 0.5) is 0 Å². The predicted octanol–water partition coefficient (Wildman–Crippen LogP) is 1.89. The third-order valence-electron chi connectivity index (χ3n) is 3.16. The smallest absolute Gasteiger partial charge is 0.268 e. The SMILES string of the molecule is Cc1nn(Cc2ccccc2Cl)c(C)c1C(=O)NS(C)(=O)=O. The zero-order chi connectivity index (χ0) is 16.5. The number of hydrogen-bond donors (Lipinski definition) is 1. The number of carbonyl (C=O) groups excluding carboxylic acids is 1. The summed E-state index contributed by atoms with van der Waals surface area (Å²) in [5, 5.41) is 4.91. The Morgan fingerprint density at radius 1 is 1.32 bits per heavy atom. The molecule has 0 radical (unpaired) electrons. The van der Waals surface area contributed by atoms with Crippen molar-refractivity contribution in [3.63, 3.8) is 0 Å². The molecule has 22 heavy (non-hydrogen) atoms. The van der Waals surface area contributed by atoms with E-state index in [0.29, 0.717) is 23.0 Å². The van der Waals surface area contributed by atoms with Gasteiger partial charge in [-0.1, -0.05) is 29.8 Å². The fourth-order valence-electron chi connectivity index (χ4n) is 2.19. The average molecular weight is 342 g/mol. The maximum Gasteiger partial charge on any atom is 0.268 e.